The first-order chi connectivity index (χ1) is 13.9. The maximum atomic E-state index is 13.0. The van der Waals surface area contributed by atoms with Crippen molar-refractivity contribution < 1.29 is 29.4 Å². The van der Waals surface area contributed by atoms with Crippen LogP contribution in [-0.2, 0) is 9.59 Å². The van der Waals surface area contributed by atoms with Gasteiger partial charge in [0, 0.05) is 17.5 Å². The van der Waals surface area contributed by atoms with Crippen LogP contribution in [0.2, 0.25) is 0 Å². The maximum Gasteiger partial charge on any atom is 0.327 e. The molecule has 0 fully saturated rings. The Balaban J connectivity index is 2.35. The van der Waals surface area contributed by atoms with Crippen LogP contribution in [-0.4, -0.2) is 44.9 Å². The molecule has 0 bridgehead atoms. The molecule has 2 aromatic rings. The van der Waals surface area contributed by atoms with Gasteiger partial charge in [0.05, 0.1) is 0 Å². The van der Waals surface area contributed by atoms with Gasteiger partial charge in [-0.15, -0.1) is 0 Å². The van der Waals surface area contributed by atoms with E-state index >= 15 is 0 Å². The Bertz CT molecular complexity index is 841. The predicted molar refractivity (Wildman–Crippen MR) is 105 cm³/mol. The molecule has 0 saturated heterocycles. The molecule has 0 aliphatic heterocycles. The highest BCUT2D eigenvalue weighted by atomic mass is 16.4. The fourth-order valence-electron chi connectivity index (χ4n) is 2.68. The summed E-state index contributed by atoms with van der Waals surface area (Å²) >= 11 is 0. The molecule has 1 atom stereocenters. The first kappa shape index (κ1) is 21.6. The molecule has 7 nitrogen and oxygen atoms in total. The van der Waals surface area contributed by atoms with Crippen molar-refractivity contribution in [3.63, 3.8) is 0 Å². The SMILES string of the molecule is O=C(O)CCC=CCC(C(=O)O)N(C(=O)c1ccccc1)C(=O)c1ccccc1. The molecule has 2 N–H and O–H groups in total. The molecule has 29 heavy (non-hydrogen) atoms. The molecule has 2 aromatic carbocycles. The van der Waals surface area contributed by atoms with E-state index in [4.69, 9.17) is 5.11 Å². The number of carboxylic acid groups (broad SMARTS) is 2. The number of rotatable bonds is 9. The third kappa shape index (κ3) is 6.14. The number of carbonyl (C=O) groups excluding carboxylic acids is 2. The van der Waals surface area contributed by atoms with Gasteiger partial charge in [0.25, 0.3) is 11.8 Å². The lowest BCUT2D eigenvalue weighted by atomic mass is 10.1. The highest BCUT2D eigenvalue weighted by molar-refractivity contribution is 6.12. The molecule has 0 spiro atoms. The summed E-state index contributed by atoms with van der Waals surface area (Å²) in [4.78, 5) is 49.3. The molecule has 0 aromatic heterocycles. The van der Waals surface area contributed by atoms with Gasteiger partial charge < -0.3 is 10.2 Å². The van der Waals surface area contributed by atoms with Crippen LogP contribution in [0.1, 0.15) is 40.0 Å². The van der Waals surface area contributed by atoms with Gasteiger partial charge in [0.1, 0.15) is 6.04 Å². The second-order valence-corrected chi connectivity index (χ2v) is 6.21. The number of aliphatic carboxylic acids is 2. The van der Waals surface area contributed by atoms with Crippen LogP contribution in [0.4, 0.5) is 0 Å². The molecule has 2 amide bonds. The van der Waals surface area contributed by atoms with Gasteiger partial charge in [-0.1, -0.05) is 48.6 Å². The second-order valence-electron chi connectivity index (χ2n) is 6.21. The number of hydrogen-bond donors (Lipinski definition) is 2. The van der Waals surface area contributed by atoms with Gasteiger partial charge in [-0.2, -0.15) is 0 Å². The monoisotopic (exact) mass is 395 g/mol. The third-order valence-electron chi connectivity index (χ3n) is 4.13. The molecule has 150 valence electrons. The van der Waals surface area contributed by atoms with Crippen LogP contribution >= 0.6 is 0 Å². The number of hydrogen-bond acceptors (Lipinski definition) is 4. The van der Waals surface area contributed by atoms with Crippen molar-refractivity contribution in [2.75, 3.05) is 0 Å². The average Bonchev–Trinajstić information content (AvgIpc) is 2.73. The minimum absolute atomic E-state index is 0.0934. The van der Waals surface area contributed by atoms with Crippen molar-refractivity contribution in [3.8, 4) is 0 Å². The molecule has 7 heteroatoms. The third-order valence-corrected chi connectivity index (χ3v) is 4.13. The van der Waals surface area contributed by atoms with Crippen molar-refractivity contribution in [1.82, 2.24) is 4.90 Å². The van der Waals surface area contributed by atoms with E-state index in [0.29, 0.717) is 0 Å². The van der Waals surface area contributed by atoms with E-state index in [-0.39, 0.29) is 30.4 Å². The Kier molecular flexibility index (Phi) is 7.85. The van der Waals surface area contributed by atoms with Crippen LogP contribution in [0.3, 0.4) is 0 Å². The fraction of sp³-hybridized carbons (Fsp3) is 0.182. The molecule has 1 unspecified atom stereocenters. The smallest absolute Gasteiger partial charge is 0.327 e. The number of imide groups is 1. The topological polar surface area (TPSA) is 112 Å². The number of benzene rings is 2. The zero-order chi connectivity index (χ0) is 21.2. The first-order valence-electron chi connectivity index (χ1n) is 8.99. The van der Waals surface area contributed by atoms with Gasteiger partial charge in [-0.25, -0.2) is 4.79 Å². The van der Waals surface area contributed by atoms with Gasteiger partial charge in [-0.3, -0.25) is 19.3 Å². The Morgan fingerprint density at radius 3 is 1.69 bits per heavy atom. The lowest BCUT2D eigenvalue weighted by Gasteiger charge is -2.27. The lowest BCUT2D eigenvalue weighted by molar-refractivity contribution is -0.141. The summed E-state index contributed by atoms with van der Waals surface area (Å²) in [6.07, 6.45) is 3.00. The van der Waals surface area contributed by atoms with E-state index in [1.54, 1.807) is 36.4 Å². The minimum Gasteiger partial charge on any atom is -0.481 e. The van der Waals surface area contributed by atoms with Crippen molar-refractivity contribution in [3.05, 3.63) is 83.9 Å². The number of nitrogens with zero attached hydrogens (tertiary/aromatic N) is 1. The number of amides is 2. The van der Waals surface area contributed by atoms with E-state index in [1.165, 1.54) is 36.4 Å². The summed E-state index contributed by atoms with van der Waals surface area (Å²) < 4.78 is 0. The second kappa shape index (κ2) is 10.6. The van der Waals surface area contributed by atoms with Crippen LogP contribution in [0.15, 0.2) is 72.8 Å². The highest BCUT2D eigenvalue weighted by Crippen LogP contribution is 2.17. The molecule has 0 heterocycles. The van der Waals surface area contributed by atoms with Crippen LogP contribution in [0.5, 0.6) is 0 Å². The molecule has 0 aliphatic rings. The van der Waals surface area contributed by atoms with E-state index < -0.39 is 29.8 Å². The zero-order valence-electron chi connectivity index (χ0n) is 15.6. The van der Waals surface area contributed by atoms with Crippen LogP contribution in [0, 0.1) is 0 Å². The van der Waals surface area contributed by atoms with Gasteiger partial charge >= 0.3 is 11.9 Å². The first-order valence-corrected chi connectivity index (χ1v) is 8.99. The summed E-state index contributed by atoms with van der Waals surface area (Å²) in [6.45, 7) is 0. The van der Waals surface area contributed by atoms with Gasteiger partial charge in [-0.05, 0) is 37.1 Å². The maximum absolute atomic E-state index is 13.0. The normalized spacial score (nSPS) is 11.7. The fourth-order valence-corrected chi connectivity index (χ4v) is 2.68. The number of carbonyl (C=O) groups is 4. The van der Waals surface area contributed by atoms with Crippen molar-refractivity contribution in [2.24, 2.45) is 0 Å². The minimum atomic E-state index is -1.43. The zero-order valence-corrected chi connectivity index (χ0v) is 15.6. The molecule has 0 radical (unpaired) electrons. The molecule has 2 rings (SSSR count). The highest BCUT2D eigenvalue weighted by Gasteiger charge is 2.35. The Morgan fingerprint density at radius 1 is 0.793 bits per heavy atom. The van der Waals surface area contributed by atoms with E-state index in [2.05, 4.69) is 0 Å². The predicted octanol–water partition coefficient (Wildman–Crippen LogP) is 3.23. The summed E-state index contributed by atoms with van der Waals surface area (Å²) in [5.74, 6) is -3.73. The van der Waals surface area contributed by atoms with E-state index in [1.807, 2.05) is 0 Å². The number of carboxylic acids is 2. The van der Waals surface area contributed by atoms with Gasteiger partial charge in [0.2, 0.25) is 0 Å². The summed E-state index contributed by atoms with van der Waals surface area (Å²) in [7, 11) is 0. The van der Waals surface area contributed by atoms with Crippen LogP contribution in [0.25, 0.3) is 0 Å². The van der Waals surface area contributed by atoms with Crippen molar-refractivity contribution in [1.29, 1.82) is 0 Å². The Morgan fingerprint density at radius 2 is 1.28 bits per heavy atom. The molecular weight excluding hydrogens is 374 g/mol. The summed E-state index contributed by atoms with van der Waals surface area (Å²) in [6, 6.07) is 14.5. The summed E-state index contributed by atoms with van der Waals surface area (Å²) in [5, 5.41) is 18.4. The van der Waals surface area contributed by atoms with Crippen LogP contribution < -0.4 is 0 Å². The lowest BCUT2D eigenvalue weighted by Crippen LogP contribution is -2.48. The molecule has 0 aliphatic carbocycles. The molecule has 0 saturated carbocycles. The quantitative estimate of drug-likeness (QED) is 0.498. The van der Waals surface area contributed by atoms with Gasteiger partial charge in [0.15, 0.2) is 0 Å². The van der Waals surface area contributed by atoms with E-state index in [9.17, 15) is 24.3 Å². The Hall–Kier alpha value is -3.74. The van der Waals surface area contributed by atoms with E-state index in [0.717, 1.165) is 4.90 Å². The van der Waals surface area contributed by atoms with Crippen molar-refractivity contribution >= 4 is 23.8 Å². The number of allylic oxidation sites excluding steroid dienone is 1. The van der Waals surface area contributed by atoms with Crippen molar-refractivity contribution in [2.45, 2.75) is 25.3 Å². The Labute approximate surface area is 167 Å². The largest absolute Gasteiger partial charge is 0.481 e. The standard InChI is InChI=1S/C22H21NO6/c24-19(25)15-9-3-8-14-18(22(28)29)23(20(26)16-10-4-1-5-11-16)21(27)17-12-6-2-7-13-17/h1-8,10-13,18H,9,14-15H2,(H,24,25)(H,28,29). The molecular formula is C22H21NO6. The average molecular weight is 395 g/mol. The summed E-state index contributed by atoms with van der Waals surface area (Å²) in [5.41, 5.74) is 0.385.